The molecule has 1 spiro atoms. The molecule has 1 N–H and O–H groups in total. The first-order chi connectivity index (χ1) is 11.6. The van der Waals surface area contributed by atoms with Gasteiger partial charge in [-0.2, -0.15) is 0 Å². The molecule has 1 saturated heterocycles. The molecule has 1 aliphatic heterocycles. The van der Waals surface area contributed by atoms with Crippen LogP contribution in [0, 0.1) is 16.7 Å². The van der Waals surface area contributed by atoms with E-state index in [9.17, 15) is 23.1 Å². The number of benzene rings is 1. The van der Waals surface area contributed by atoms with Gasteiger partial charge in [0.15, 0.2) is 0 Å². The summed E-state index contributed by atoms with van der Waals surface area (Å²) in [5.41, 5.74) is -0.765. The molecule has 3 fully saturated rings. The van der Waals surface area contributed by atoms with Crippen molar-refractivity contribution in [1.82, 2.24) is 4.31 Å². The third kappa shape index (κ3) is 1.93. The number of carbonyl (C=O) groups excluding carboxylic acids is 1. The second-order valence-corrected chi connectivity index (χ2v) is 9.92. The van der Waals surface area contributed by atoms with Crippen LogP contribution >= 0.6 is 0 Å². The molecule has 3 aliphatic rings. The summed E-state index contributed by atoms with van der Waals surface area (Å²) in [7, 11) is -3.76. The Bertz CT molecular complexity index is 890. The summed E-state index contributed by atoms with van der Waals surface area (Å²) in [6.07, 6.45) is 2.47. The second kappa shape index (κ2) is 4.84. The molecule has 1 aromatic carbocycles. The van der Waals surface area contributed by atoms with Crippen molar-refractivity contribution in [1.29, 1.82) is 0 Å². The number of sulfonamides is 1. The van der Waals surface area contributed by atoms with Crippen molar-refractivity contribution in [2.45, 2.75) is 39.2 Å². The highest BCUT2D eigenvalue weighted by molar-refractivity contribution is 7.90. The standard InChI is InChI=1S/C18H21NO5S/c1-17(2)11-7-8-18(17)10-25(23,24)19(14(18)9-11)15(20)12-5-3-4-6-13(12)16(21)22/h3-6,11,14H,7-10H2,1-2H3,(H,21,22). The molecule has 25 heavy (non-hydrogen) atoms. The van der Waals surface area contributed by atoms with Gasteiger partial charge in [-0.1, -0.05) is 26.0 Å². The second-order valence-electron chi connectivity index (χ2n) is 8.07. The maximum atomic E-state index is 13.1. The summed E-state index contributed by atoms with van der Waals surface area (Å²) in [4.78, 5) is 24.5. The maximum absolute atomic E-state index is 13.1. The van der Waals surface area contributed by atoms with Crippen LogP contribution in [0.4, 0.5) is 0 Å². The SMILES string of the molecule is CC1(C)C2CCC13CS(=O)(=O)N(C(=O)c1ccccc1C(=O)O)C3C2. The zero-order valence-electron chi connectivity index (χ0n) is 14.2. The minimum atomic E-state index is -3.76. The van der Waals surface area contributed by atoms with Crippen LogP contribution in [0.5, 0.6) is 0 Å². The van der Waals surface area contributed by atoms with Crippen LogP contribution in [0.2, 0.25) is 0 Å². The quantitative estimate of drug-likeness (QED) is 0.871. The Morgan fingerprint density at radius 3 is 2.44 bits per heavy atom. The molecule has 2 saturated carbocycles. The normalized spacial score (nSPS) is 34.1. The van der Waals surface area contributed by atoms with Crippen LogP contribution in [0.25, 0.3) is 0 Å². The fourth-order valence-electron chi connectivity index (χ4n) is 5.53. The number of carboxylic acids is 1. The minimum absolute atomic E-state index is 0.0187. The zero-order chi connectivity index (χ0) is 18.2. The molecular weight excluding hydrogens is 342 g/mol. The van der Waals surface area contributed by atoms with Gasteiger partial charge in [0.1, 0.15) is 0 Å². The summed E-state index contributed by atoms with van der Waals surface area (Å²) in [6, 6.07) is 5.45. The van der Waals surface area contributed by atoms with E-state index in [4.69, 9.17) is 0 Å². The Kier molecular flexibility index (Phi) is 3.21. The molecule has 0 radical (unpaired) electrons. The number of carbonyl (C=O) groups is 2. The Balaban J connectivity index is 1.82. The highest BCUT2D eigenvalue weighted by Gasteiger charge is 2.72. The maximum Gasteiger partial charge on any atom is 0.336 e. The minimum Gasteiger partial charge on any atom is -0.478 e. The monoisotopic (exact) mass is 363 g/mol. The van der Waals surface area contributed by atoms with E-state index in [1.54, 1.807) is 6.07 Å². The van der Waals surface area contributed by atoms with Gasteiger partial charge in [-0.15, -0.1) is 0 Å². The van der Waals surface area contributed by atoms with Crippen LogP contribution in [-0.4, -0.2) is 41.5 Å². The van der Waals surface area contributed by atoms with Gasteiger partial charge in [0.25, 0.3) is 5.91 Å². The first kappa shape index (κ1) is 16.6. The number of carboxylic acid groups (broad SMARTS) is 1. The summed E-state index contributed by atoms with van der Waals surface area (Å²) in [5, 5.41) is 9.34. The lowest BCUT2D eigenvalue weighted by molar-refractivity contribution is 0.0658. The Morgan fingerprint density at radius 2 is 1.84 bits per heavy atom. The van der Waals surface area contributed by atoms with Crippen LogP contribution in [0.1, 0.15) is 53.8 Å². The lowest BCUT2D eigenvalue weighted by Gasteiger charge is -2.37. The molecule has 2 aliphatic carbocycles. The smallest absolute Gasteiger partial charge is 0.336 e. The number of aromatic carboxylic acids is 1. The van der Waals surface area contributed by atoms with E-state index >= 15 is 0 Å². The molecule has 3 unspecified atom stereocenters. The topological polar surface area (TPSA) is 91.8 Å². The van der Waals surface area contributed by atoms with Crippen LogP contribution < -0.4 is 0 Å². The highest BCUT2D eigenvalue weighted by Crippen LogP contribution is 2.70. The van der Waals surface area contributed by atoms with Crippen molar-refractivity contribution < 1.29 is 23.1 Å². The van der Waals surface area contributed by atoms with E-state index in [0.29, 0.717) is 12.3 Å². The Labute approximate surface area is 146 Å². The number of fused-ring (bicyclic) bond motifs is 1. The van der Waals surface area contributed by atoms with Gasteiger partial charge in [-0.3, -0.25) is 4.79 Å². The summed E-state index contributed by atoms with van der Waals surface area (Å²) < 4.78 is 26.8. The number of rotatable bonds is 2. The lowest BCUT2D eigenvalue weighted by atomic mass is 9.69. The van der Waals surface area contributed by atoms with Gasteiger partial charge < -0.3 is 5.11 Å². The first-order valence-electron chi connectivity index (χ1n) is 8.50. The fraction of sp³-hybridized carbons (Fsp3) is 0.556. The molecule has 134 valence electrons. The first-order valence-corrected chi connectivity index (χ1v) is 10.1. The average molecular weight is 363 g/mol. The predicted octanol–water partition coefficient (Wildman–Crippen LogP) is 2.37. The molecule has 6 nitrogen and oxygen atoms in total. The number of hydrogen-bond acceptors (Lipinski definition) is 4. The van der Waals surface area contributed by atoms with Crippen LogP contribution in [0.15, 0.2) is 24.3 Å². The van der Waals surface area contributed by atoms with E-state index in [2.05, 4.69) is 13.8 Å². The largest absolute Gasteiger partial charge is 0.478 e. The van der Waals surface area contributed by atoms with Crippen molar-refractivity contribution in [3.8, 4) is 0 Å². The highest BCUT2D eigenvalue weighted by atomic mass is 32.2. The van der Waals surface area contributed by atoms with Crippen molar-refractivity contribution in [2.75, 3.05) is 5.75 Å². The van der Waals surface area contributed by atoms with Gasteiger partial charge in [0, 0.05) is 5.41 Å². The van der Waals surface area contributed by atoms with Gasteiger partial charge >= 0.3 is 5.97 Å². The van der Waals surface area contributed by atoms with Crippen LogP contribution in [0.3, 0.4) is 0 Å². The number of amides is 1. The lowest BCUT2D eigenvalue weighted by Crippen LogP contribution is -2.44. The molecule has 1 amide bonds. The summed E-state index contributed by atoms with van der Waals surface area (Å²) >= 11 is 0. The van der Waals surface area contributed by atoms with Crippen LogP contribution in [-0.2, 0) is 10.0 Å². The van der Waals surface area contributed by atoms with Crippen molar-refractivity contribution in [2.24, 2.45) is 16.7 Å². The van der Waals surface area contributed by atoms with Gasteiger partial charge in [0.2, 0.25) is 10.0 Å². The van der Waals surface area contributed by atoms with Crippen molar-refractivity contribution in [3.63, 3.8) is 0 Å². The van der Waals surface area contributed by atoms with E-state index in [-0.39, 0.29) is 28.3 Å². The fourth-order valence-corrected chi connectivity index (χ4v) is 8.06. The van der Waals surface area contributed by atoms with Gasteiger partial charge in [-0.25, -0.2) is 17.5 Å². The molecule has 4 rings (SSSR count). The number of hydrogen-bond donors (Lipinski definition) is 1. The molecule has 7 heteroatoms. The van der Waals surface area contributed by atoms with E-state index < -0.39 is 27.3 Å². The summed E-state index contributed by atoms with van der Waals surface area (Å²) in [5.74, 6) is -1.56. The Morgan fingerprint density at radius 1 is 1.20 bits per heavy atom. The Hall–Kier alpha value is -1.89. The third-order valence-electron chi connectivity index (χ3n) is 7.00. The summed E-state index contributed by atoms with van der Waals surface area (Å²) in [6.45, 7) is 4.22. The van der Waals surface area contributed by atoms with E-state index in [1.807, 2.05) is 0 Å². The molecule has 2 bridgehead atoms. The third-order valence-corrected chi connectivity index (χ3v) is 8.90. The van der Waals surface area contributed by atoms with Gasteiger partial charge in [0.05, 0.1) is 22.9 Å². The zero-order valence-corrected chi connectivity index (χ0v) is 15.0. The number of nitrogens with zero attached hydrogens (tertiary/aromatic N) is 1. The van der Waals surface area contributed by atoms with Crippen molar-refractivity contribution in [3.05, 3.63) is 35.4 Å². The van der Waals surface area contributed by atoms with E-state index in [1.165, 1.54) is 18.2 Å². The van der Waals surface area contributed by atoms with Gasteiger partial charge in [-0.05, 0) is 42.7 Å². The van der Waals surface area contributed by atoms with Crippen molar-refractivity contribution >= 4 is 21.9 Å². The molecule has 1 aromatic rings. The molecular formula is C18H21NO5S. The predicted molar refractivity (Wildman–Crippen MR) is 90.7 cm³/mol. The molecule has 0 aromatic heterocycles. The molecule has 1 heterocycles. The average Bonchev–Trinajstić information content (AvgIpc) is 3.01. The van der Waals surface area contributed by atoms with E-state index in [0.717, 1.165) is 17.1 Å². The molecule has 3 atom stereocenters.